The van der Waals surface area contributed by atoms with E-state index in [0.29, 0.717) is 5.69 Å². The van der Waals surface area contributed by atoms with Gasteiger partial charge in [-0.3, -0.25) is 4.79 Å². The SMILES string of the molecule is CC(N)C(=O)Nc1cnc(Cl)c(Cl)c1. The second kappa shape index (κ2) is 4.59. The molecule has 1 aromatic rings. The lowest BCUT2D eigenvalue weighted by Crippen LogP contribution is -2.32. The molecule has 0 fully saturated rings. The third kappa shape index (κ3) is 2.83. The van der Waals surface area contributed by atoms with Crippen molar-refractivity contribution in [3.8, 4) is 0 Å². The predicted molar refractivity (Wildman–Crippen MR) is 56.5 cm³/mol. The first kappa shape index (κ1) is 11.2. The number of aromatic nitrogens is 1. The van der Waals surface area contributed by atoms with Gasteiger partial charge in [0.1, 0.15) is 5.15 Å². The summed E-state index contributed by atoms with van der Waals surface area (Å²) in [5.41, 5.74) is 5.83. The van der Waals surface area contributed by atoms with Crippen LogP contribution < -0.4 is 11.1 Å². The van der Waals surface area contributed by atoms with Crippen LogP contribution in [0.15, 0.2) is 12.3 Å². The first-order chi connectivity index (χ1) is 6.50. The highest BCUT2D eigenvalue weighted by Gasteiger charge is 2.08. The Morgan fingerprint density at radius 1 is 1.64 bits per heavy atom. The van der Waals surface area contributed by atoms with Crippen LogP contribution in [0.25, 0.3) is 0 Å². The van der Waals surface area contributed by atoms with Gasteiger partial charge in [0.15, 0.2) is 0 Å². The van der Waals surface area contributed by atoms with Crippen molar-refractivity contribution in [3.05, 3.63) is 22.4 Å². The van der Waals surface area contributed by atoms with Gasteiger partial charge in [0, 0.05) is 0 Å². The molecule has 0 aromatic carbocycles. The first-order valence-electron chi connectivity index (χ1n) is 3.88. The zero-order valence-electron chi connectivity index (χ0n) is 7.42. The zero-order valence-corrected chi connectivity index (χ0v) is 8.93. The van der Waals surface area contributed by atoms with Crippen LogP contribution in [0.2, 0.25) is 10.2 Å². The van der Waals surface area contributed by atoms with E-state index < -0.39 is 6.04 Å². The van der Waals surface area contributed by atoms with Gasteiger partial charge >= 0.3 is 0 Å². The smallest absolute Gasteiger partial charge is 0.241 e. The Bertz CT molecular complexity index is 354. The predicted octanol–water partition coefficient (Wildman–Crippen LogP) is 1.67. The Labute approximate surface area is 91.4 Å². The van der Waals surface area contributed by atoms with Gasteiger partial charge in [-0.15, -0.1) is 0 Å². The molecule has 3 N–H and O–H groups in total. The van der Waals surface area contributed by atoms with Crippen molar-refractivity contribution >= 4 is 34.8 Å². The Balaban J connectivity index is 2.78. The molecular weight excluding hydrogens is 225 g/mol. The molecule has 0 saturated heterocycles. The van der Waals surface area contributed by atoms with Crippen LogP contribution in [-0.4, -0.2) is 16.9 Å². The highest BCUT2D eigenvalue weighted by molar-refractivity contribution is 6.41. The van der Waals surface area contributed by atoms with E-state index in [1.54, 1.807) is 6.92 Å². The standard InChI is InChI=1S/C8H9Cl2N3O/c1-4(11)8(14)13-5-2-6(9)7(10)12-3-5/h2-4H,11H2,1H3,(H,13,14). The van der Waals surface area contributed by atoms with Crippen LogP contribution in [0.4, 0.5) is 5.69 Å². The summed E-state index contributed by atoms with van der Waals surface area (Å²) in [6.07, 6.45) is 1.41. The molecule has 1 unspecified atom stereocenters. The van der Waals surface area contributed by atoms with Gasteiger partial charge in [-0.2, -0.15) is 0 Å². The van der Waals surface area contributed by atoms with Crippen LogP contribution >= 0.6 is 23.2 Å². The minimum absolute atomic E-state index is 0.200. The third-order valence-corrected chi connectivity index (χ3v) is 2.16. The summed E-state index contributed by atoms with van der Waals surface area (Å²) in [4.78, 5) is 14.9. The van der Waals surface area contributed by atoms with Crippen molar-refractivity contribution in [2.24, 2.45) is 5.73 Å². The molecule has 0 aliphatic rings. The topological polar surface area (TPSA) is 68.0 Å². The molecule has 0 radical (unpaired) electrons. The summed E-state index contributed by atoms with van der Waals surface area (Å²) in [5.74, 6) is -0.301. The van der Waals surface area contributed by atoms with Crippen molar-refractivity contribution in [1.82, 2.24) is 4.98 Å². The summed E-state index contributed by atoms with van der Waals surface area (Å²) in [5, 5.41) is 3.03. The first-order valence-corrected chi connectivity index (χ1v) is 4.64. The van der Waals surface area contributed by atoms with Gasteiger partial charge < -0.3 is 11.1 Å². The summed E-state index contributed by atoms with van der Waals surface area (Å²) in [7, 11) is 0. The molecule has 1 aromatic heterocycles. The maximum absolute atomic E-state index is 11.2. The fourth-order valence-corrected chi connectivity index (χ4v) is 1.02. The number of rotatable bonds is 2. The summed E-state index contributed by atoms with van der Waals surface area (Å²) in [6, 6.07) is 0.932. The number of nitrogens with one attached hydrogen (secondary N) is 1. The lowest BCUT2D eigenvalue weighted by molar-refractivity contribution is -0.117. The fraction of sp³-hybridized carbons (Fsp3) is 0.250. The lowest BCUT2D eigenvalue weighted by atomic mass is 10.3. The molecule has 1 atom stereocenters. The van der Waals surface area contributed by atoms with E-state index in [1.165, 1.54) is 12.3 Å². The van der Waals surface area contributed by atoms with E-state index in [2.05, 4.69) is 10.3 Å². The molecule has 0 spiro atoms. The van der Waals surface area contributed by atoms with Gasteiger partial charge in [-0.05, 0) is 13.0 Å². The maximum Gasteiger partial charge on any atom is 0.241 e. The second-order valence-corrected chi connectivity index (χ2v) is 3.54. The van der Waals surface area contributed by atoms with Gasteiger partial charge in [0.25, 0.3) is 0 Å². The van der Waals surface area contributed by atoms with Gasteiger partial charge in [0.05, 0.1) is 22.9 Å². The van der Waals surface area contributed by atoms with Crippen molar-refractivity contribution in [2.75, 3.05) is 5.32 Å². The van der Waals surface area contributed by atoms with Gasteiger partial charge in [-0.1, -0.05) is 23.2 Å². The van der Waals surface area contributed by atoms with Crippen molar-refractivity contribution < 1.29 is 4.79 Å². The third-order valence-electron chi connectivity index (χ3n) is 1.48. The molecule has 14 heavy (non-hydrogen) atoms. The lowest BCUT2D eigenvalue weighted by Gasteiger charge is -2.07. The number of carbonyl (C=O) groups excluding carboxylic acids is 1. The van der Waals surface area contributed by atoms with E-state index >= 15 is 0 Å². The van der Waals surface area contributed by atoms with Crippen molar-refractivity contribution in [2.45, 2.75) is 13.0 Å². The number of anilines is 1. The maximum atomic E-state index is 11.2. The highest BCUT2D eigenvalue weighted by Crippen LogP contribution is 2.22. The molecular formula is C8H9Cl2N3O. The zero-order chi connectivity index (χ0) is 10.7. The fourth-order valence-electron chi connectivity index (χ4n) is 0.746. The summed E-state index contributed by atoms with van der Waals surface area (Å²) >= 11 is 11.3. The minimum atomic E-state index is -0.579. The number of hydrogen-bond donors (Lipinski definition) is 2. The largest absolute Gasteiger partial charge is 0.323 e. The molecule has 4 nitrogen and oxygen atoms in total. The Hall–Kier alpha value is -0.840. The molecule has 0 aliphatic carbocycles. The van der Waals surface area contributed by atoms with Crippen LogP contribution in [0, 0.1) is 0 Å². The number of nitrogens with two attached hydrogens (primary N) is 1. The number of amides is 1. The molecule has 76 valence electrons. The van der Waals surface area contributed by atoms with Crippen molar-refractivity contribution in [3.63, 3.8) is 0 Å². The molecule has 6 heteroatoms. The summed E-state index contributed by atoms with van der Waals surface area (Å²) < 4.78 is 0. The van der Waals surface area contributed by atoms with Crippen LogP contribution in [0.1, 0.15) is 6.92 Å². The van der Waals surface area contributed by atoms with E-state index in [4.69, 9.17) is 28.9 Å². The average molecular weight is 234 g/mol. The van der Waals surface area contributed by atoms with E-state index in [1.807, 2.05) is 0 Å². The number of halogens is 2. The van der Waals surface area contributed by atoms with Crippen LogP contribution in [0.3, 0.4) is 0 Å². The Morgan fingerprint density at radius 3 is 2.79 bits per heavy atom. The molecule has 0 aliphatic heterocycles. The van der Waals surface area contributed by atoms with Gasteiger partial charge in [-0.25, -0.2) is 4.98 Å². The quantitative estimate of drug-likeness (QED) is 0.765. The Kier molecular flexibility index (Phi) is 3.69. The Morgan fingerprint density at radius 2 is 2.29 bits per heavy atom. The molecule has 1 heterocycles. The van der Waals surface area contributed by atoms with E-state index in [9.17, 15) is 4.79 Å². The van der Waals surface area contributed by atoms with Crippen LogP contribution in [-0.2, 0) is 4.79 Å². The number of hydrogen-bond acceptors (Lipinski definition) is 3. The monoisotopic (exact) mass is 233 g/mol. The van der Waals surface area contributed by atoms with Crippen LogP contribution in [0.5, 0.6) is 0 Å². The van der Waals surface area contributed by atoms with E-state index in [-0.39, 0.29) is 16.1 Å². The summed E-state index contributed by atoms with van der Waals surface area (Å²) in [6.45, 7) is 1.58. The molecule has 1 rings (SSSR count). The number of nitrogens with zero attached hydrogens (tertiary/aromatic N) is 1. The van der Waals surface area contributed by atoms with Gasteiger partial charge in [0.2, 0.25) is 5.91 Å². The molecule has 1 amide bonds. The average Bonchev–Trinajstić information content (AvgIpc) is 2.11. The molecule has 0 bridgehead atoms. The molecule has 0 saturated carbocycles. The highest BCUT2D eigenvalue weighted by atomic mass is 35.5. The minimum Gasteiger partial charge on any atom is -0.323 e. The normalized spacial score (nSPS) is 12.3. The van der Waals surface area contributed by atoms with E-state index in [0.717, 1.165) is 0 Å². The number of carbonyl (C=O) groups is 1. The van der Waals surface area contributed by atoms with Crippen molar-refractivity contribution in [1.29, 1.82) is 0 Å². The second-order valence-electron chi connectivity index (χ2n) is 2.77. The number of pyridine rings is 1.